The van der Waals surface area contributed by atoms with Crippen molar-refractivity contribution >= 4 is 51.9 Å². The molecular weight excluding hydrogens is 854 g/mol. The molecule has 0 saturated carbocycles. The minimum Gasteiger partial charge on any atom is -0.445 e. The Bertz CT molecular complexity index is 2660. The highest BCUT2D eigenvalue weighted by atomic mass is 19.1. The summed E-state index contributed by atoms with van der Waals surface area (Å²) in [5, 5.41) is 13.3. The first kappa shape index (κ1) is 45.3. The van der Waals surface area contributed by atoms with Crippen molar-refractivity contribution in [1.82, 2.24) is 35.2 Å². The molecule has 66 heavy (non-hydrogen) atoms. The number of benzene rings is 3. The Morgan fingerprint density at radius 3 is 2.35 bits per heavy atom. The SMILES string of the molecule is CC(=O)Nc1cc(N2CC3(COC3)C2)cnc1C(=O)NCCOCCN(CC(=O)N1CCN(C(=O)c2cc(Cc3n[nH]c(=O)c4ccccc34)ccc2F)CC1)C(=O)OCc1ccccc1. The standard InChI is InChI=1S/C47H50FN9O9/c1-31(58)51-40-23-34(57-27-47(28-57)29-65-30-47)24-50-42(40)44(61)49-13-19-64-20-18-56(46(63)66-26-32-7-3-2-4-8-32)25-41(59)54-14-16-55(17-15-54)45(62)37-21-33(11-12-38(37)48)22-39-35-9-5-6-10-36(35)43(60)53-52-39/h2-12,21,23-24H,13-20,22,25-30H2,1H3,(H,49,61)(H,51,58)(H,53,60). The lowest BCUT2D eigenvalue weighted by molar-refractivity contribution is -0.133. The zero-order valence-electron chi connectivity index (χ0n) is 36.4. The van der Waals surface area contributed by atoms with Crippen LogP contribution in [0.15, 0.2) is 89.9 Å². The molecule has 8 rings (SSSR count). The monoisotopic (exact) mass is 903 g/mol. The largest absolute Gasteiger partial charge is 0.445 e. The molecule has 0 atom stereocenters. The Labute approximate surface area is 379 Å². The highest BCUT2D eigenvalue weighted by Crippen LogP contribution is 2.40. The van der Waals surface area contributed by atoms with Gasteiger partial charge in [0, 0.05) is 71.1 Å². The number of anilines is 2. The van der Waals surface area contributed by atoms with Gasteiger partial charge in [0.25, 0.3) is 17.4 Å². The van der Waals surface area contributed by atoms with Gasteiger partial charge in [0.1, 0.15) is 19.0 Å². The van der Waals surface area contributed by atoms with Crippen molar-refractivity contribution in [2.45, 2.75) is 20.0 Å². The minimum atomic E-state index is -0.729. The molecule has 3 saturated heterocycles. The molecule has 3 aliphatic rings. The third-order valence-corrected chi connectivity index (χ3v) is 11.8. The quantitative estimate of drug-likeness (QED) is 0.122. The van der Waals surface area contributed by atoms with Crippen molar-refractivity contribution in [2.75, 3.05) is 95.5 Å². The molecule has 3 aromatic carbocycles. The number of piperazine rings is 1. The van der Waals surface area contributed by atoms with Crippen molar-refractivity contribution in [3.8, 4) is 0 Å². The number of H-pyrrole nitrogens is 1. The number of aromatic nitrogens is 3. The van der Waals surface area contributed by atoms with Gasteiger partial charge in [-0.15, -0.1) is 0 Å². The average molecular weight is 904 g/mol. The summed E-state index contributed by atoms with van der Waals surface area (Å²) in [6, 6.07) is 22.2. The van der Waals surface area contributed by atoms with E-state index in [1.807, 2.05) is 30.3 Å². The summed E-state index contributed by atoms with van der Waals surface area (Å²) in [7, 11) is 0. The van der Waals surface area contributed by atoms with Crippen molar-refractivity contribution < 1.29 is 42.6 Å². The predicted molar refractivity (Wildman–Crippen MR) is 239 cm³/mol. The highest BCUT2D eigenvalue weighted by Gasteiger charge is 2.49. The number of nitrogens with one attached hydrogen (secondary N) is 3. The number of rotatable bonds is 16. The molecule has 0 aliphatic carbocycles. The Kier molecular flexibility index (Phi) is 13.9. The summed E-state index contributed by atoms with van der Waals surface area (Å²) in [4.78, 5) is 88.8. The second kappa shape index (κ2) is 20.3. The van der Waals surface area contributed by atoms with E-state index < -0.39 is 23.7 Å². The normalized spacial score (nSPS) is 15.2. The van der Waals surface area contributed by atoms with Crippen LogP contribution in [0.2, 0.25) is 0 Å². The van der Waals surface area contributed by atoms with Crippen LogP contribution < -0.4 is 21.1 Å². The van der Waals surface area contributed by atoms with Gasteiger partial charge in [0.05, 0.1) is 66.1 Å². The van der Waals surface area contributed by atoms with Crippen molar-refractivity contribution in [2.24, 2.45) is 5.41 Å². The second-order valence-electron chi connectivity index (χ2n) is 16.7. The summed E-state index contributed by atoms with van der Waals surface area (Å²) >= 11 is 0. The molecule has 1 spiro atoms. The number of carbonyl (C=O) groups is 5. The Morgan fingerprint density at radius 1 is 0.894 bits per heavy atom. The molecule has 0 unspecified atom stereocenters. The number of aromatic amines is 1. The number of halogens is 1. The molecule has 3 N–H and O–H groups in total. The zero-order valence-corrected chi connectivity index (χ0v) is 36.4. The van der Waals surface area contributed by atoms with E-state index in [1.54, 1.807) is 42.6 Å². The number of amides is 5. The number of nitrogens with zero attached hydrogens (tertiary/aromatic N) is 6. The van der Waals surface area contributed by atoms with Gasteiger partial charge in [-0.25, -0.2) is 19.3 Å². The maximum atomic E-state index is 15.1. The van der Waals surface area contributed by atoms with E-state index in [1.165, 1.54) is 33.8 Å². The first-order chi connectivity index (χ1) is 31.9. The number of fused-ring (bicyclic) bond motifs is 1. The van der Waals surface area contributed by atoms with Crippen LogP contribution in [0.4, 0.5) is 20.6 Å². The summed E-state index contributed by atoms with van der Waals surface area (Å²) in [6.45, 7) is 4.81. The lowest BCUT2D eigenvalue weighted by Gasteiger charge is -2.55. The maximum Gasteiger partial charge on any atom is 0.410 e. The van der Waals surface area contributed by atoms with Crippen molar-refractivity contribution in [3.63, 3.8) is 0 Å². The molecule has 19 heteroatoms. The molecule has 2 aromatic heterocycles. The summed E-state index contributed by atoms with van der Waals surface area (Å²) in [6.07, 6.45) is 1.13. The van der Waals surface area contributed by atoms with E-state index in [4.69, 9.17) is 14.2 Å². The predicted octanol–water partition coefficient (Wildman–Crippen LogP) is 3.21. The lowest BCUT2D eigenvalue weighted by Crippen LogP contribution is -2.66. The van der Waals surface area contributed by atoms with Gasteiger partial charge in [-0.2, -0.15) is 5.10 Å². The van der Waals surface area contributed by atoms with Crippen LogP contribution in [0, 0.1) is 11.2 Å². The maximum absolute atomic E-state index is 15.1. The first-order valence-electron chi connectivity index (χ1n) is 21.7. The number of hydrogen-bond acceptors (Lipinski definition) is 12. The van der Waals surface area contributed by atoms with Gasteiger partial charge in [-0.05, 0) is 35.4 Å². The first-order valence-corrected chi connectivity index (χ1v) is 21.7. The van der Waals surface area contributed by atoms with Crippen LogP contribution in [0.25, 0.3) is 10.8 Å². The van der Waals surface area contributed by atoms with Crippen LogP contribution in [0.1, 0.15) is 44.6 Å². The molecule has 3 aliphatic heterocycles. The van der Waals surface area contributed by atoms with Crippen molar-refractivity contribution in [1.29, 1.82) is 0 Å². The molecule has 5 amide bonds. The fraction of sp³-hybridized carbons (Fsp3) is 0.362. The molecule has 18 nitrogen and oxygen atoms in total. The second-order valence-corrected chi connectivity index (χ2v) is 16.7. The Hall–Kier alpha value is -7.25. The van der Waals surface area contributed by atoms with Gasteiger partial charge in [-0.3, -0.25) is 28.9 Å². The fourth-order valence-corrected chi connectivity index (χ4v) is 8.19. The number of pyridine rings is 1. The highest BCUT2D eigenvalue weighted by molar-refractivity contribution is 6.02. The van der Waals surface area contributed by atoms with E-state index >= 15 is 4.39 Å². The van der Waals surface area contributed by atoms with Crippen LogP contribution in [-0.2, 0) is 36.8 Å². The smallest absolute Gasteiger partial charge is 0.410 e. The summed E-state index contributed by atoms with van der Waals surface area (Å²) in [5.74, 6) is -2.44. The number of ether oxygens (including phenoxy) is 3. The zero-order chi connectivity index (χ0) is 46.2. The van der Waals surface area contributed by atoms with Gasteiger partial charge in [0.2, 0.25) is 11.8 Å². The fourth-order valence-electron chi connectivity index (χ4n) is 8.19. The van der Waals surface area contributed by atoms with E-state index in [9.17, 15) is 28.8 Å². The van der Waals surface area contributed by atoms with Crippen LogP contribution in [0.5, 0.6) is 0 Å². The van der Waals surface area contributed by atoms with Crippen molar-refractivity contribution in [3.05, 3.63) is 129 Å². The topological polar surface area (TPSA) is 209 Å². The molecule has 5 aromatic rings. The molecule has 344 valence electrons. The van der Waals surface area contributed by atoms with Crippen LogP contribution in [0.3, 0.4) is 0 Å². The Balaban J connectivity index is 0.828. The molecule has 5 heterocycles. The van der Waals surface area contributed by atoms with E-state index in [2.05, 4.69) is 30.7 Å². The summed E-state index contributed by atoms with van der Waals surface area (Å²) < 4.78 is 31.8. The lowest BCUT2D eigenvalue weighted by atomic mass is 9.78. The van der Waals surface area contributed by atoms with E-state index in [-0.39, 0.29) is 112 Å². The van der Waals surface area contributed by atoms with Gasteiger partial charge < -0.3 is 39.5 Å². The molecule has 0 bridgehead atoms. The Morgan fingerprint density at radius 2 is 1.62 bits per heavy atom. The van der Waals surface area contributed by atoms with Crippen LogP contribution in [-0.4, -0.2) is 145 Å². The summed E-state index contributed by atoms with van der Waals surface area (Å²) in [5.41, 5.74) is 2.83. The average Bonchev–Trinajstić information content (AvgIpc) is 3.29. The minimum absolute atomic E-state index is 0.00857. The number of carbonyl (C=O) groups excluding carboxylic acids is 5. The van der Waals surface area contributed by atoms with Gasteiger partial charge in [-0.1, -0.05) is 54.6 Å². The molecule has 0 radical (unpaired) electrons. The van der Waals surface area contributed by atoms with Gasteiger partial charge in [0.15, 0.2) is 5.69 Å². The third-order valence-electron chi connectivity index (χ3n) is 11.8. The number of hydrogen-bond donors (Lipinski definition) is 3. The van der Waals surface area contributed by atoms with Crippen LogP contribution >= 0.6 is 0 Å². The van der Waals surface area contributed by atoms with E-state index in [0.29, 0.717) is 22.0 Å². The van der Waals surface area contributed by atoms with E-state index in [0.717, 1.165) is 37.6 Å². The molecular formula is C47H50FN9O9. The molecule has 3 fully saturated rings. The third kappa shape index (κ3) is 10.6. The van der Waals surface area contributed by atoms with Gasteiger partial charge >= 0.3 is 6.09 Å².